The third-order valence-electron chi connectivity index (χ3n) is 1.56. The van der Waals surface area contributed by atoms with Crippen molar-refractivity contribution >= 4 is 11.9 Å². The maximum atomic E-state index is 10.1. The van der Waals surface area contributed by atoms with Crippen LogP contribution >= 0.6 is 0 Å². The smallest absolute Gasteiger partial charge is 0.356 e. The van der Waals surface area contributed by atoms with Gasteiger partial charge in [0.1, 0.15) is 0 Å². The van der Waals surface area contributed by atoms with Crippen LogP contribution in [0.2, 0.25) is 0 Å². The molecule has 0 saturated heterocycles. The van der Waals surface area contributed by atoms with E-state index in [9.17, 15) is 9.59 Å². The predicted molar refractivity (Wildman–Crippen MR) is 58.0 cm³/mol. The van der Waals surface area contributed by atoms with Crippen LogP contribution in [-0.4, -0.2) is 42.1 Å². The van der Waals surface area contributed by atoms with Gasteiger partial charge in [-0.05, 0) is 0 Å². The summed E-state index contributed by atoms with van der Waals surface area (Å²) in [7, 11) is 0. The summed E-state index contributed by atoms with van der Waals surface area (Å²) in [5, 5.41) is 16.6. The van der Waals surface area contributed by atoms with Crippen molar-refractivity contribution in [3.8, 4) is 0 Å². The first kappa shape index (κ1) is 16.6. The van der Waals surface area contributed by atoms with Gasteiger partial charge in [-0.15, -0.1) is 0 Å². The quantitative estimate of drug-likeness (QED) is 0.761. The average Bonchev–Trinajstić information content (AvgIpc) is 2.41. The fourth-order valence-electron chi connectivity index (χ4n) is 0.819. The minimum Gasteiger partial charge on any atom is -0.476 e. The number of rotatable bonds is 2. The Morgan fingerprint density at radius 2 is 1.16 bits per heavy atom. The fourth-order valence-corrected chi connectivity index (χ4v) is 0.819. The minimum absolute atomic E-state index is 0. The summed E-state index contributed by atoms with van der Waals surface area (Å²) >= 11 is 0. The molecule has 2 rings (SSSR count). The van der Waals surface area contributed by atoms with E-state index in [1.165, 1.54) is 37.2 Å². The van der Waals surface area contributed by atoms with Crippen LogP contribution in [0, 0.1) is 0 Å². The van der Waals surface area contributed by atoms with E-state index in [4.69, 9.17) is 10.2 Å². The molecule has 19 heavy (non-hydrogen) atoms. The Balaban J connectivity index is 0.000000324. The Kier molecular flexibility index (Phi) is 7.59. The van der Waals surface area contributed by atoms with E-state index in [-0.39, 0.29) is 28.5 Å². The third kappa shape index (κ3) is 6.20. The van der Waals surface area contributed by atoms with E-state index in [0.717, 1.165) is 0 Å². The molecule has 1 radical (unpaired) electrons. The average molecular weight is 303 g/mol. The Morgan fingerprint density at radius 3 is 1.32 bits per heavy atom. The van der Waals surface area contributed by atoms with Gasteiger partial charge in [-0.1, -0.05) is 0 Å². The number of hydrogen-bond donors (Lipinski definition) is 2. The van der Waals surface area contributed by atoms with E-state index in [1.54, 1.807) is 0 Å². The Bertz CT molecular complexity index is 474. The predicted octanol–water partition coefficient (Wildman–Crippen LogP) is 0.347. The summed E-state index contributed by atoms with van der Waals surface area (Å²) in [4.78, 5) is 34.4. The van der Waals surface area contributed by atoms with Gasteiger partial charge in [-0.25, -0.2) is 19.6 Å². The fraction of sp³-hybridized carbons (Fsp3) is 0. The monoisotopic (exact) mass is 303 g/mol. The molecule has 2 heterocycles. The van der Waals surface area contributed by atoms with Crippen LogP contribution in [-0.2, 0) is 17.1 Å². The van der Waals surface area contributed by atoms with Crippen molar-refractivity contribution in [1.82, 2.24) is 19.9 Å². The summed E-state index contributed by atoms with van der Waals surface area (Å²) in [5.41, 5.74) is -0.0602. The molecule has 8 nitrogen and oxygen atoms in total. The number of aromatic nitrogens is 4. The molecule has 0 aliphatic carbocycles. The molecular weight excluding hydrogens is 295 g/mol. The maximum Gasteiger partial charge on any atom is 0.356 e. The van der Waals surface area contributed by atoms with Crippen LogP contribution in [0.1, 0.15) is 21.0 Å². The van der Waals surface area contributed by atoms with E-state index < -0.39 is 11.9 Å². The number of nitrogens with zero attached hydrogens (tertiary/aromatic N) is 4. The van der Waals surface area contributed by atoms with Gasteiger partial charge in [0.2, 0.25) is 0 Å². The molecule has 2 aromatic heterocycles. The second-order valence-electron chi connectivity index (χ2n) is 2.79. The van der Waals surface area contributed by atoms with Gasteiger partial charge in [0.05, 0.1) is 12.4 Å². The molecule has 2 N–H and O–H groups in total. The van der Waals surface area contributed by atoms with Crippen LogP contribution in [0.5, 0.6) is 0 Å². The zero-order valence-electron chi connectivity index (χ0n) is 9.34. The standard InChI is InChI=1S/2C5H4N2O2.Mn/c2*8-5(9)4-3-6-1-2-7-4;/h2*1-3H,(H,8,9);. The molecule has 0 spiro atoms. The molecule has 0 unspecified atom stereocenters. The van der Waals surface area contributed by atoms with Gasteiger partial charge in [0, 0.05) is 41.9 Å². The molecule has 9 heteroatoms. The summed E-state index contributed by atoms with van der Waals surface area (Å²) < 4.78 is 0. The second kappa shape index (κ2) is 8.67. The molecule has 0 aliphatic rings. The van der Waals surface area contributed by atoms with Crippen LogP contribution in [0.3, 0.4) is 0 Å². The molecule has 0 atom stereocenters. The summed E-state index contributed by atoms with van der Waals surface area (Å²) in [6, 6.07) is 0. The molecule has 99 valence electrons. The summed E-state index contributed by atoms with van der Waals surface area (Å²) in [6.45, 7) is 0. The van der Waals surface area contributed by atoms with Gasteiger partial charge in [-0.3, -0.25) is 9.97 Å². The Labute approximate surface area is 118 Å². The van der Waals surface area contributed by atoms with Crippen molar-refractivity contribution in [3.05, 3.63) is 48.6 Å². The van der Waals surface area contributed by atoms with Crippen molar-refractivity contribution in [1.29, 1.82) is 0 Å². The van der Waals surface area contributed by atoms with E-state index in [0.29, 0.717) is 0 Å². The van der Waals surface area contributed by atoms with E-state index in [1.807, 2.05) is 0 Å². The normalized spacial score (nSPS) is 8.42. The number of hydrogen-bond acceptors (Lipinski definition) is 6. The maximum absolute atomic E-state index is 10.1. The van der Waals surface area contributed by atoms with Gasteiger partial charge in [-0.2, -0.15) is 0 Å². The molecule has 0 aliphatic heterocycles. The third-order valence-corrected chi connectivity index (χ3v) is 1.56. The van der Waals surface area contributed by atoms with Crippen LogP contribution in [0.25, 0.3) is 0 Å². The Morgan fingerprint density at radius 1 is 0.789 bits per heavy atom. The van der Waals surface area contributed by atoms with Gasteiger partial charge in [0.15, 0.2) is 11.4 Å². The molecule has 0 bridgehead atoms. The topological polar surface area (TPSA) is 126 Å². The summed E-state index contributed by atoms with van der Waals surface area (Å²) in [5.74, 6) is -2.11. The minimum atomic E-state index is -1.05. The SMILES string of the molecule is O=C(O)c1cnccn1.O=C(O)c1cnccn1.[Mn]. The van der Waals surface area contributed by atoms with E-state index in [2.05, 4.69) is 19.9 Å². The first-order chi connectivity index (χ1) is 8.61. The molecule has 2 aromatic rings. The number of carboxylic acid groups (broad SMARTS) is 2. The van der Waals surface area contributed by atoms with Crippen molar-refractivity contribution < 1.29 is 36.9 Å². The first-order valence-electron chi connectivity index (χ1n) is 4.60. The first-order valence-corrected chi connectivity index (χ1v) is 4.60. The van der Waals surface area contributed by atoms with Crippen LogP contribution in [0.4, 0.5) is 0 Å². The number of carboxylic acids is 2. The molecule has 0 aromatic carbocycles. The van der Waals surface area contributed by atoms with E-state index >= 15 is 0 Å². The van der Waals surface area contributed by atoms with Crippen LogP contribution in [0.15, 0.2) is 37.2 Å². The number of aromatic carboxylic acids is 2. The zero-order valence-corrected chi connectivity index (χ0v) is 10.5. The summed E-state index contributed by atoms with van der Waals surface area (Å²) in [6.07, 6.45) is 7.91. The van der Waals surface area contributed by atoms with Crippen molar-refractivity contribution in [2.24, 2.45) is 0 Å². The zero-order chi connectivity index (χ0) is 13.4. The molecular formula is C10H8MnN4O4. The Hall–Kier alpha value is -2.38. The van der Waals surface area contributed by atoms with Crippen molar-refractivity contribution in [2.75, 3.05) is 0 Å². The molecule has 0 fully saturated rings. The second-order valence-corrected chi connectivity index (χ2v) is 2.79. The number of carbonyl (C=O) groups is 2. The van der Waals surface area contributed by atoms with Gasteiger partial charge in [0.25, 0.3) is 0 Å². The van der Waals surface area contributed by atoms with Crippen molar-refractivity contribution in [2.45, 2.75) is 0 Å². The van der Waals surface area contributed by atoms with Gasteiger partial charge < -0.3 is 10.2 Å². The molecule has 0 amide bonds. The largest absolute Gasteiger partial charge is 0.476 e. The van der Waals surface area contributed by atoms with Crippen molar-refractivity contribution in [3.63, 3.8) is 0 Å². The van der Waals surface area contributed by atoms with Crippen LogP contribution < -0.4 is 0 Å². The van der Waals surface area contributed by atoms with Gasteiger partial charge >= 0.3 is 11.9 Å². The molecule has 0 saturated carbocycles.